The van der Waals surface area contributed by atoms with Crippen molar-refractivity contribution >= 4 is 11.6 Å². The molecular weight excluding hydrogens is 311 g/mol. The van der Waals surface area contributed by atoms with Gasteiger partial charge in [0.2, 0.25) is 5.91 Å². The van der Waals surface area contributed by atoms with Crippen LogP contribution >= 0.6 is 0 Å². The summed E-state index contributed by atoms with van der Waals surface area (Å²) in [5, 5.41) is 10.4. The SMILES string of the molecule is O=C(CC(O)(C(F)(F)F)C(F)(F)F)Nc1cccc(F)c1. The van der Waals surface area contributed by atoms with E-state index in [1.54, 1.807) is 5.32 Å². The van der Waals surface area contributed by atoms with E-state index in [1.807, 2.05) is 0 Å². The third kappa shape index (κ3) is 3.84. The monoisotopic (exact) mass is 319 g/mol. The molecule has 0 unspecified atom stereocenters. The lowest BCUT2D eigenvalue weighted by Gasteiger charge is -2.31. The van der Waals surface area contributed by atoms with E-state index in [2.05, 4.69) is 0 Å². The van der Waals surface area contributed by atoms with Gasteiger partial charge in [-0.25, -0.2) is 4.39 Å². The van der Waals surface area contributed by atoms with Gasteiger partial charge in [-0.1, -0.05) is 6.07 Å². The maximum Gasteiger partial charge on any atom is 0.426 e. The first-order valence-electron chi connectivity index (χ1n) is 5.28. The number of hydrogen-bond donors (Lipinski definition) is 2. The number of halogens is 7. The minimum Gasteiger partial charge on any atom is -0.373 e. The molecule has 0 spiro atoms. The highest BCUT2D eigenvalue weighted by molar-refractivity contribution is 5.91. The van der Waals surface area contributed by atoms with Crippen molar-refractivity contribution in [2.75, 3.05) is 5.32 Å². The fraction of sp³-hybridized carbons (Fsp3) is 0.364. The van der Waals surface area contributed by atoms with E-state index in [9.17, 15) is 35.5 Å². The summed E-state index contributed by atoms with van der Waals surface area (Å²) in [5.41, 5.74) is -5.52. The number of rotatable bonds is 3. The summed E-state index contributed by atoms with van der Waals surface area (Å²) in [6.45, 7) is 0. The summed E-state index contributed by atoms with van der Waals surface area (Å²) in [4.78, 5) is 11.2. The second-order valence-electron chi connectivity index (χ2n) is 4.09. The predicted molar refractivity (Wildman–Crippen MR) is 56.7 cm³/mol. The molecule has 0 radical (unpaired) electrons. The maximum atomic E-state index is 12.8. The van der Waals surface area contributed by atoms with E-state index in [0.717, 1.165) is 18.2 Å². The zero-order chi connectivity index (χ0) is 16.5. The Hall–Kier alpha value is -1.84. The quantitative estimate of drug-likeness (QED) is 0.842. The van der Waals surface area contributed by atoms with Crippen LogP contribution in [0.3, 0.4) is 0 Å². The number of carbonyl (C=O) groups is 1. The predicted octanol–water partition coefficient (Wildman–Crippen LogP) is 3.01. The van der Waals surface area contributed by atoms with Gasteiger partial charge in [0.15, 0.2) is 0 Å². The van der Waals surface area contributed by atoms with Gasteiger partial charge in [0, 0.05) is 5.69 Å². The van der Waals surface area contributed by atoms with Crippen molar-refractivity contribution in [2.24, 2.45) is 0 Å². The van der Waals surface area contributed by atoms with Crippen LogP contribution in [0, 0.1) is 5.82 Å². The Bertz CT molecular complexity index is 510. The average Bonchev–Trinajstić information content (AvgIpc) is 2.25. The van der Waals surface area contributed by atoms with E-state index >= 15 is 0 Å². The van der Waals surface area contributed by atoms with Crippen LogP contribution in [0.2, 0.25) is 0 Å². The Morgan fingerprint density at radius 2 is 1.62 bits per heavy atom. The number of aliphatic hydroxyl groups is 1. The van der Waals surface area contributed by atoms with Crippen molar-refractivity contribution in [3.05, 3.63) is 30.1 Å². The van der Waals surface area contributed by atoms with Gasteiger partial charge in [0.25, 0.3) is 5.60 Å². The molecule has 1 amide bonds. The summed E-state index contributed by atoms with van der Waals surface area (Å²) in [6.07, 6.45) is -14.5. The van der Waals surface area contributed by atoms with Gasteiger partial charge in [-0.05, 0) is 18.2 Å². The lowest BCUT2D eigenvalue weighted by molar-refractivity contribution is -0.366. The van der Waals surface area contributed by atoms with E-state index < -0.39 is 36.1 Å². The Balaban J connectivity index is 2.93. The number of carbonyl (C=O) groups excluding carboxylic acids is 1. The van der Waals surface area contributed by atoms with Gasteiger partial charge in [-0.3, -0.25) is 4.79 Å². The highest BCUT2D eigenvalue weighted by Gasteiger charge is 2.71. The second kappa shape index (κ2) is 5.51. The number of hydrogen-bond acceptors (Lipinski definition) is 2. The van der Waals surface area contributed by atoms with Crippen LogP contribution in [0.15, 0.2) is 24.3 Å². The highest BCUT2D eigenvalue weighted by atomic mass is 19.4. The van der Waals surface area contributed by atoms with Gasteiger partial charge in [0.05, 0.1) is 6.42 Å². The minimum absolute atomic E-state index is 0.341. The Morgan fingerprint density at radius 1 is 1.10 bits per heavy atom. The van der Waals surface area contributed by atoms with Crippen LogP contribution < -0.4 is 5.32 Å². The summed E-state index contributed by atoms with van der Waals surface area (Å²) in [7, 11) is 0. The third-order valence-corrected chi connectivity index (χ3v) is 2.46. The molecule has 0 atom stereocenters. The molecule has 2 N–H and O–H groups in total. The molecule has 118 valence electrons. The molecular formula is C11H8F7NO2. The maximum absolute atomic E-state index is 12.8. The van der Waals surface area contributed by atoms with Crippen molar-refractivity contribution in [1.29, 1.82) is 0 Å². The first-order chi connectivity index (χ1) is 9.37. The third-order valence-electron chi connectivity index (χ3n) is 2.46. The molecule has 0 saturated carbocycles. The Labute approximate surface area is 113 Å². The van der Waals surface area contributed by atoms with Gasteiger partial charge in [-0.2, -0.15) is 26.3 Å². The standard InChI is InChI=1S/C11H8F7NO2/c12-6-2-1-3-7(4-6)19-8(20)5-9(21,10(13,14)15)11(16,17)18/h1-4,21H,5H2,(H,19,20). The largest absolute Gasteiger partial charge is 0.426 e. The van der Waals surface area contributed by atoms with Gasteiger partial charge in [0.1, 0.15) is 5.82 Å². The van der Waals surface area contributed by atoms with E-state index in [4.69, 9.17) is 5.11 Å². The van der Waals surface area contributed by atoms with Crippen LogP contribution in [-0.4, -0.2) is 29.0 Å². The van der Waals surface area contributed by atoms with E-state index in [0.29, 0.717) is 6.07 Å². The summed E-state index contributed by atoms with van der Waals surface area (Å²) in [5.74, 6) is -2.62. The first kappa shape index (κ1) is 17.2. The molecule has 1 aromatic carbocycles. The molecule has 0 heterocycles. The van der Waals surface area contributed by atoms with Crippen LogP contribution in [-0.2, 0) is 4.79 Å². The summed E-state index contributed by atoms with van der Waals surface area (Å²) >= 11 is 0. The summed E-state index contributed by atoms with van der Waals surface area (Å²) < 4.78 is 86.9. The van der Waals surface area contributed by atoms with Crippen LogP contribution in [0.4, 0.5) is 36.4 Å². The first-order valence-corrected chi connectivity index (χ1v) is 5.28. The summed E-state index contributed by atoms with van der Waals surface area (Å²) in [6, 6.07) is 3.79. The smallest absolute Gasteiger partial charge is 0.373 e. The van der Waals surface area contributed by atoms with Crippen molar-refractivity contribution in [2.45, 2.75) is 24.4 Å². The normalized spacial score (nSPS) is 13.1. The van der Waals surface area contributed by atoms with Crippen molar-refractivity contribution in [3.63, 3.8) is 0 Å². The fourth-order valence-corrected chi connectivity index (χ4v) is 1.36. The van der Waals surface area contributed by atoms with Crippen LogP contribution in [0.25, 0.3) is 0 Å². The van der Waals surface area contributed by atoms with Gasteiger partial charge in [-0.15, -0.1) is 0 Å². The van der Waals surface area contributed by atoms with E-state index in [-0.39, 0.29) is 5.69 Å². The lowest BCUT2D eigenvalue weighted by atomic mass is 9.97. The van der Waals surface area contributed by atoms with Crippen molar-refractivity contribution in [1.82, 2.24) is 0 Å². The van der Waals surface area contributed by atoms with Gasteiger partial charge < -0.3 is 10.4 Å². The number of anilines is 1. The molecule has 0 aliphatic rings. The molecule has 3 nitrogen and oxygen atoms in total. The fourth-order valence-electron chi connectivity index (χ4n) is 1.36. The molecule has 1 aromatic rings. The van der Waals surface area contributed by atoms with E-state index in [1.165, 1.54) is 0 Å². The topological polar surface area (TPSA) is 49.3 Å². The molecule has 0 aliphatic heterocycles. The molecule has 10 heteroatoms. The van der Waals surface area contributed by atoms with Crippen LogP contribution in [0.5, 0.6) is 0 Å². The number of amides is 1. The number of benzene rings is 1. The Morgan fingerprint density at radius 3 is 2.05 bits per heavy atom. The van der Waals surface area contributed by atoms with Crippen LogP contribution in [0.1, 0.15) is 6.42 Å². The lowest BCUT2D eigenvalue weighted by Crippen LogP contribution is -2.58. The molecule has 0 aromatic heterocycles. The minimum atomic E-state index is -6.09. The van der Waals surface area contributed by atoms with Gasteiger partial charge >= 0.3 is 12.4 Å². The number of nitrogens with one attached hydrogen (secondary N) is 1. The van der Waals surface area contributed by atoms with Crippen molar-refractivity contribution < 1.29 is 40.6 Å². The molecule has 0 saturated heterocycles. The molecule has 0 fully saturated rings. The molecule has 1 rings (SSSR count). The number of alkyl halides is 6. The molecule has 0 bridgehead atoms. The highest BCUT2D eigenvalue weighted by Crippen LogP contribution is 2.45. The zero-order valence-electron chi connectivity index (χ0n) is 10.0. The molecule has 0 aliphatic carbocycles. The Kier molecular flexibility index (Phi) is 4.51. The average molecular weight is 319 g/mol. The second-order valence-corrected chi connectivity index (χ2v) is 4.09. The molecule has 21 heavy (non-hydrogen) atoms. The van der Waals surface area contributed by atoms with Crippen molar-refractivity contribution in [3.8, 4) is 0 Å². The zero-order valence-corrected chi connectivity index (χ0v) is 10.0.